The van der Waals surface area contributed by atoms with Crippen LogP contribution in [0.2, 0.25) is 0 Å². The molecule has 4 heteroatoms. The van der Waals surface area contributed by atoms with Gasteiger partial charge >= 0.3 is 0 Å². The van der Waals surface area contributed by atoms with E-state index in [0.717, 1.165) is 23.5 Å². The van der Waals surface area contributed by atoms with Crippen molar-refractivity contribution in [3.05, 3.63) is 48.3 Å². The van der Waals surface area contributed by atoms with Gasteiger partial charge in [-0.3, -0.25) is 4.98 Å². The maximum absolute atomic E-state index is 5.73. The fourth-order valence-electron chi connectivity index (χ4n) is 2.30. The van der Waals surface area contributed by atoms with E-state index in [1.54, 1.807) is 6.20 Å². The van der Waals surface area contributed by atoms with Crippen molar-refractivity contribution in [3.63, 3.8) is 0 Å². The molecule has 1 aliphatic rings. The highest BCUT2D eigenvalue weighted by molar-refractivity contribution is 5.93. The quantitative estimate of drug-likeness (QED) is 0.863. The third-order valence-corrected chi connectivity index (χ3v) is 3.87. The first kappa shape index (κ1) is 13.7. The van der Waals surface area contributed by atoms with E-state index < -0.39 is 0 Å². The van der Waals surface area contributed by atoms with Crippen LogP contribution in [0.1, 0.15) is 26.0 Å². The molecule has 2 atom stereocenters. The molecule has 0 fully saturated rings. The lowest BCUT2D eigenvalue weighted by atomic mass is 10.0. The van der Waals surface area contributed by atoms with Crippen molar-refractivity contribution in [1.82, 2.24) is 9.97 Å². The van der Waals surface area contributed by atoms with Gasteiger partial charge in [0, 0.05) is 6.20 Å². The summed E-state index contributed by atoms with van der Waals surface area (Å²) in [6, 6.07) is 11.9. The molecule has 0 bridgehead atoms. The van der Waals surface area contributed by atoms with E-state index >= 15 is 0 Å². The lowest BCUT2D eigenvalue weighted by Crippen LogP contribution is -2.16. The van der Waals surface area contributed by atoms with Gasteiger partial charge in [0.2, 0.25) is 5.90 Å². The average Bonchev–Trinajstić information content (AvgIpc) is 3.05. The van der Waals surface area contributed by atoms with E-state index in [0.29, 0.717) is 18.4 Å². The standard InChI is InChI=1S/C17H19N3O/c1-3-12(2)16-11-21-17(20-16)15-9-6-8-14(19-15)13-7-4-5-10-18-13/h4-10,12,16H,3,11H2,1-2H3/t12?,16-/m1/s1. The fraction of sp³-hybridized carbons (Fsp3) is 0.353. The summed E-state index contributed by atoms with van der Waals surface area (Å²) >= 11 is 0. The summed E-state index contributed by atoms with van der Waals surface area (Å²) < 4.78 is 5.73. The maximum atomic E-state index is 5.73. The van der Waals surface area contributed by atoms with E-state index in [1.165, 1.54) is 0 Å². The molecular formula is C17H19N3O. The maximum Gasteiger partial charge on any atom is 0.235 e. The zero-order valence-corrected chi connectivity index (χ0v) is 12.4. The number of pyridine rings is 2. The molecule has 0 amide bonds. The first-order valence-electron chi connectivity index (χ1n) is 7.37. The largest absolute Gasteiger partial charge is 0.474 e. The summed E-state index contributed by atoms with van der Waals surface area (Å²) in [5.41, 5.74) is 2.48. The Morgan fingerprint density at radius 3 is 2.71 bits per heavy atom. The van der Waals surface area contributed by atoms with Crippen molar-refractivity contribution < 1.29 is 4.74 Å². The monoisotopic (exact) mass is 281 g/mol. The number of hydrogen-bond acceptors (Lipinski definition) is 4. The van der Waals surface area contributed by atoms with Crippen molar-refractivity contribution >= 4 is 5.90 Å². The molecule has 1 aliphatic heterocycles. The molecule has 0 spiro atoms. The highest BCUT2D eigenvalue weighted by atomic mass is 16.5. The smallest absolute Gasteiger partial charge is 0.235 e. The fourth-order valence-corrected chi connectivity index (χ4v) is 2.30. The number of aromatic nitrogens is 2. The highest BCUT2D eigenvalue weighted by Crippen LogP contribution is 2.21. The zero-order valence-electron chi connectivity index (χ0n) is 12.4. The molecule has 0 saturated heterocycles. The van der Waals surface area contributed by atoms with E-state index in [1.807, 2.05) is 36.4 Å². The molecule has 21 heavy (non-hydrogen) atoms. The van der Waals surface area contributed by atoms with E-state index in [2.05, 4.69) is 28.8 Å². The molecule has 2 aromatic heterocycles. The molecule has 4 nitrogen and oxygen atoms in total. The predicted octanol–water partition coefficient (Wildman–Crippen LogP) is 3.34. The van der Waals surface area contributed by atoms with Gasteiger partial charge in [-0.1, -0.05) is 32.4 Å². The number of hydrogen-bond donors (Lipinski definition) is 0. The molecule has 3 heterocycles. The Kier molecular flexibility index (Phi) is 3.95. The molecule has 3 rings (SSSR count). The minimum absolute atomic E-state index is 0.241. The molecule has 0 aromatic carbocycles. The van der Waals surface area contributed by atoms with Gasteiger partial charge in [-0.05, 0) is 30.2 Å². The van der Waals surface area contributed by atoms with Crippen LogP contribution in [0.4, 0.5) is 0 Å². The van der Waals surface area contributed by atoms with Crippen molar-refractivity contribution in [1.29, 1.82) is 0 Å². The van der Waals surface area contributed by atoms with Crippen LogP contribution in [0, 0.1) is 5.92 Å². The summed E-state index contributed by atoms with van der Waals surface area (Å²) in [5.74, 6) is 1.18. The second-order valence-corrected chi connectivity index (χ2v) is 5.32. The zero-order chi connectivity index (χ0) is 14.7. The molecule has 2 aromatic rings. The third-order valence-electron chi connectivity index (χ3n) is 3.87. The second kappa shape index (κ2) is 6.04. The van der Waals surface area contributed by atoms with Gasteiger partial charge in [-0.2, -0.15) is 0 Å². The topological polar surface area (TPSA) is 47.4 Å². The van der Waals surface area contributed by atoms with Gasteiger partial charge in [0.05, 0.1) is 17.4 Å². The number of nitrogens with zero attached hydrogens (tertiary/aromatic N) is 3. The molecule has 0 radical (unpaired) electrons. The number of aliphatic imine (C=N–C) groups is 1. The van der Waals surface area contributed by atoms with E-state index in [-0.39, 0.29) is 6.04 Å². The van der Waals surface area contributed by atoms with Crippen molar-refractivity contribution in [3.8, 4) is 11.4 Å². The summed E-state index contributed by atoms with van der Waals surface area (Å²) in [6.45, 7) is 5.04. The van der Waals surface area contributed by atoms with Crippen LogP contribution >= 0.6 is 0 Å². The Bertz CT molecular complexity index is 639. The number of rotatable bonds is 4. The van der Waals surface area contributed by atoms with Crippen LogP contribution in [0.5, 0.6) is 0 Å². The van der Waals surface area contributed by atoms with Crippen molar-refractivity contribution in [2.24, 2.45) is 10.9 Å². The van der Waals surface area contributed by atoms with Crippen molar-refractivity contribution in [2.45, 2.75) is 26.3 Å². The Hall–Kier alpha value is -2.23. The lowest BCUT2D eigenvalue weighted by Gasteiger charge is -2.11. The average molecular weight is 281 g/mol. The summed E-state index contributed by atoms with van der Waals surface area (Å²) in [6.07, 6.45) is 2.87. The Morgan fingerprint density at radius 2 is 1.95 bits per heavy atom. The normalized spacial score (nSPS) is 19.0. The van der Waals surface area contributed by atoms with Crippen LogP contribution in [-0.4, -0.2) is 28.5 Å². The second-order valence-electron chi connectivity index (χ2n) is 5.32. The van der Waals surface area contributed by atoms with Crippen LogP contribution in [0.25, 0.3) is 11.4 Å². The van der Waals surface area contributed by atoms with Crippen LogP contribution in [-0.2, 0) is 4.74 Å². The Labute approximate surface area is 124 Å². The molecular weight excluding hydrogens is 262 g/mol. The first-order chi connectivity index (χ1) is 10.3. The van der Waals surface area contributed by atoms with Crippen LogP contribution in [0.15, 0.2) is 47.6 Å². The minimum Gasteiger partial charge on any atom is -0.474 e. The van der Waals surface area contributed by atoms with Gasteiger partial charge < -0.3 is 4.74 Å². The van der Waals surface area contributed by atoms with Crippen LogP contribution in [0.3, 0.4) is 0 Å². The Morgan fingerprint density at radius 1 is 1.14 bits per heavy atom. The Balaban J connectivity index is 1.88. The molecule has 108 valence electrons. The third kappa shape index (κ3) is 2.94. The van der Waals surface area contributed by atoms with Gasteiger partial charge in [0.15, 0.2) is 0 Å². The minimum atomic E-state index is 0.241. The molecule has 0 aliphatic carbocycles. The first-order valence-corrected chi connectivity index (χ1v) is 7.37. The van der Waals surface area contributed by atoms with Crippen molar-refractivity contribution in [2.75, 3.05) is 6.61 Å². The molecule has 0 N–H and O–H groups in total. The summed E-state index contributed by atoms with van der Waals surface area (Å²) in [4.78, 5) is 13.6. The lowest BCUT2D eigenvalue weighted by molar-refractivity contribution is 0.282. The van der Waals surface area contributed by atoms with Gasteiger partial charge in [0.25, 0.3) is 0 Å². The highest BCUT2D eigenvalue weighted by Gasteiger charge is 2.25. The predicted molar refractivity (Wildman–Crippen MR) is 83.2 cm³/mol. The van der Waals surface area contributed by atoms with E-state index in [4.69, 9.17) is 4.74 Å². The molecule has 0 saturated carbocycles. The van der Waals surface area contributed by atoms with Gasteiger partial charge in [0.1, 0.15) is 12.3 Å². The summed E-state index contributed by atoms with van der Waals surface area (Å²) in [7, 11) is 0. The van der Waals surface area contributed by atoms with Crippen LogP contribution < -0.4 is 0 Å². The SMILES string of the molecule is CCC(C)[C@H]1COC(c2cccc(-c3ccccn3)n2)=N1. The van der Waals surface area contributed by atoms with Gasteiger partial charge in [-0.25, -0.2) is 9.98 Å². The van der Waals surface area contributed by atoms with E-state index in [9.17, 15) is 0 Å². The number of ether oxygens (including phenoxy) is 1. The molecule has 1 unspecified atom stereocenters. The summed E-state index contributed by atoms with van der Waals surface area (Å²) in [5, 5.41) is 0. The van der Waals surface area contributed by atoms with Gasteiger partial charge in [-0.15, -0.1) is 0 Å².